The van der Waals surface area contributed by atoms with E-state index < -0.39 is 0 Å². The highest BCUT2D eigenvalue weighted by Crippen LogP contribution is 2.22. The van der Waals surface area contributed by atoms with Crippen LogP contribution in [0.15, 0.2) is 47.6 Å². The number of nitrogens with one attached hydrogen (secondary N) is 1. The predicted molar refractivity (Wildman–Crippen MR) is 103 cm³/mol. The minimum absolute atomic E-state index is 0.0829. The molecule has 1 aromatic heterocycles. The van der Waals surface area contributed by atoms with Gasteiger partial charge in [0.15, 0.2) is 0 Å². The highest BCUT2D eigenvalue weighted by Gasteiger charge is 2.13. The highest BCUT2D eigenvalue weighted by atomic mass is 35.5. The number of halogens is 1. The molecule has 0 radical (unpaired) electrons. The van der Waals surface area contributed by atoms with Crippen LogP contribution in [-0.4, -0.2) is 31.9 Å². The van der Waals surface area contributed by atoms with Gasteiger partial charge in [-0.2, -0.15) is 4.68 Å². The molecule has 0 aliphatic rings. The number of thioether (sulfide) groups is 1. The number of carbonyl (C=O) groups excluding carboxylic acids is 1. The van der Waals surface area contributed by atoms with E-state index in [0.717, 1.165) is 22.4 Å². The van der Waals surface area contributed by atoms with Gasteiger partial charge in [-0.05, 0) is 59.2 Å². The Balaban J connectivity index is 1.60. The quantitative estimate of drug-likeness (QED) is 0.657. The molecule has 0 unspecified atom stereocenters. The Kier molecular flexibility index (Phi) is 5.90. The van der Waals surface area contributed by atoms with Crippen molar-refractivity contribution in [3.63, 3.8) is 0 Å². The van der Waals surface area contributed by atoms with Crippen LogP contribution >= 0.6 is 23.4 Å². The lowest BCUT2D eigenvalue weighted by atomic mass is 10.1. The zero-order chi connectivity index (χ0) is 18.5. The molecular formula is C18H18ClN5OS. The Labute approximate surface area is 160 Å². The predicted octanol–water partition coefficient (Wildman–Crippen LogP) is 3.34. The maximum absolute atomic E-state index is 12.1. The van der Waals surface area contributed by atoms with E-state index in [-0.39, 0.29) is 11.7 Å². The van der Waals surface area contributed by atoms with Crippen LogP contribution in [0.2, 0.25) is 5.02 Å². The van der Waals surface area contributed by atoms with Gasteiger partial charge in [0, 0.05) is 11.6 Å². The topological polar surface area (TPSA) is 72.7 Å². The van der Waals surface area contributed by atoms with Gasteiger partial charge in [0.2, 0.25) is 11.1 Å². The average molecular weight is 388 g/mol. The number of benzene rings is 2. The number of hydrogen-bond acceptors (Lipinski definition) is 5. The summed E-state index contributed by atoms with van der Waals surface area (Å²) in [5, 5.41) is 16.0. The summed E-state index contributed by atoms with van der Waals surface area (Å²) in [6.07, 6.45) is 0. The molecule has 0 bridgehead atoms. The van der Waals surface area contributed by atoms with Gasteiger partial charge < -0.3 is 5.32 Å². The summed E-state index contributed by atoms with van der Waals surface area (Å²) in [6.45, 7) is 4.53. The van der Waals surface area contributed by atoms with Gasteiger partial charge in [0.1, 0.15) is 0 Å². The Morgan fingerprint density at radius 3 is 2.73 bits per heavy atom. The highest BCUT2D eigenvalue weighted by molar-refractivity contribution is 7.99. The van der Waals surface area contributed by atoms with Gasteiger partial charge in [0.05, 0.1) is 11.4 Å². The summed E-state index contributed by atoms with van der Waals surface area (Å²) in [6, 6.07) is 13.3. The molecule has 1 N–H and O–H groups in total. The molecule has 0 fully saturated rings. The van der Waals surface area contributed by atoms with Gasteiger partial charge in [-0.25, -0.2) is 0 Å². The lowest BCUT2D eigenvalue weighted by Crippen LogP contribution is -2.24. The number of aromatic nitrogens is 4. The molecule has 134 valence electrons. The van der Waals surface area contributed by atoms with Crippen molar-refractivity contribution in [2.24, 2.45) is 0 Å². The standard InChI is InChI=1S/C18H18ClN5OS/c1-12-4-3-5-16(13(12)2)24-18(21-22-23-24)26-11-17(25)20-10-14-6-8-15(19)9-7-14/h3-9H,10-11H2,1-2H3,(H,20,25). The summed E-state index contributed by atoms with van der Waals surface area (Å²) < 4.78 is 1.67. The zero-order valence-corrected chi connectivity index (χ0v) is 16.0. The number of tetrazole rings is 1. The minimum Gasteiger partial charge on any atom is -0.351 e. The van der Waals surface area contributed by atoms with Crippen molar-refractivity contribution >= 4 is 29.3 Å². The van der Waals surface area contributed by atoms with Gasteiger partial charge in [-0.15, -0.1) is 5.10 Å². The van der Waals surface area contributed by atoms with Gasteiger partial charge in [-0.1, -0.05) is 47.6 Å². The molecule has 8 heteroatoms. The molecule has 0 saturated heterocycles. The second-order valence-electron chi connectivity index (χ2n) is 5.78. The van der Waals surface area contributed by atoms with E-state index in [1.165, 1.54) is 11.8 Å². The number of hydrogen-bond donors (Lipinski definition) is 1. The SMILES string of the molecule is Cc1cccc(-n2nnnc2SCC(=O)NCc2ccc(Cl)cc2)c1C. The monoisotopic (exact) mass is 387 g/mol. The molecule has 0 aliphatic heterocycles. The molecule has 3 aromatic rings. The van der Waals surface area contributed by atoms with Crippen molar-refractivity contribution < 1.29 is 4.79 Å². The molecule has 0 saturated carbocycles. The summed E-state index contributed by atoms with van der Waals surface area (Å²) >= 11 is 7.16. The van der Waals surface area contributed by atoms with Crippen LogP contribution < -0.4 is 5.32 Å². The number of aryl methyl sites for hydroxylation is 1. The Bertz CT molecular complexity index is 910. The fourth-order valence-corrected chi connectivity index (χ4v) is 3.21. The number of amides is 1. The van der Waals surface area contributed by atoms with E-state index in [9.17, 15) is 4.79 Å². The zero-order valence-electron chi connectivity index (χ0n) is 14.4. The van der Waals surface area contributed by atoms with E-state index in [1.807, 2.05) is 44.2 Å². The third-order valence-electron chi connectivity index (χ3n) is 3.98. The molecule has 1 heterocycles. The van der Waals surface area contributed by atoms with Crippen molar-refractivity contribution in [2.45, 2.75) is 25.5 Å². The van der Waals surface area contributed by atoms with Crippen molar-refractivity contribution in [2.75, 3.05) is 5.75 Å². The van der Waals surface area contributed by atoms with Crippen LogP contribution in [0.25, 0.3) is 5.69 Å². The number of rotatable bonds is 6. The van der Waals surface area contributed by atoms with Crippen LogP contribution in [0.1, 0.15) is 16.7 Å². The molecule has 0 atom stereocenters. The molecule has 3 rings (SSSR count). The largest absolute Gasteiger partial charge is 0.351 e. The fraction of sp³-hybridized carbons (Fsp3) is 0.222. The molecule has 2 aromatic carbocycles. The smallest absolute Gasteiger partial charge is 0.230 e. The first-order chi connectivity index (χ1) is 12.5. The van der Waals surface area contributed by atoms with E-state index in [4.69, 9.17) is 11.6 Å². The number of nitrogens with zero attached hydrogens (tertiary/aromatic N) is 4. The van der Waals surface area contributed by atoms with Gasteiger partial charge in [0.25, 0.3) is 0 Å². The summed E-state index contributed by atoms with van der Waals surface area (Å²) in [5.41, 5.74) is 4.18. The third kappa shape index (κ3) is 4.42. The maximum atomic E-state index is 12.1. The fourth-order valence-electron chi connectivity index (χ4n) is 2.37. The maximum Gasteiger partial charge on any atom is 0.230 e. The number of carbonyl (C=O) groups is 1. The van der Waals surface area contributed by atoms with Crippen LogP contribution in [0.3, 0.4) is 0 Å². The van der Waals surface area contributed by atoms with Crippen molar-refractivity contribution in [3.05, 3.63) is 64.2 Å². The first kappa shape index (κ1) is 18.4. The lowest BCUT2D eigenvalue weighted by molar-refractivity contribution is -0.118. The first-order valence-electron chi connectivity index (χ1n) is 8.03. The van der Waals surface area contributed by atoms with Gasteiger partial charge in [-0.3, -0.25) is 4.79 Å². The lowest BCUT2D eigenvalue weighted by Gasteiger charge is -2.09. The Hall–Kier alpha value is -2.38. The normalized spacial score (nSPS) is 10.7. The summed E-state index contributed by atoms with van der Waals surface area (Å²) in [5.74, 6) is 0.152. The van der Waals surface area contributed by atoms with Crippen LogP contribution in [0.4, 0.5) is 0 Å². The van der Waals surface area contributed by atoms with Crippen molar-refractivity contribution in [1.82, 2.24) is 25.5 Å². The molecule has 0 aliphatic carbocycles. The molecule has 6 nitrogen and oxygen atoms in total. The molecule has 0 spiro atoms. The van der Waals surface area contributed by atoms with Crippen molar-refractivity contribution in [1.29, 1.82) is 0 Å². The minimum atomic E-state index is -0.0829. The third-order valence-corrected chi connectivity index (χ3v) is 5.15. The van der Waals surface area contributed by atoms with E-state index >= 15 is 0 Å². The second kappa shape index (κ2) is 8.33. The second-order valence-corrected chi connectivity index (χ2v) is 7.16. The molecular weight excluding hydrogens is 370 g/mol. The Morgan fingerprint density at radius 2 is 1.96 bits per heavy atom. The first-order valence-corrected chi connectivity index (χ1v) is 9.40. The average Bonchev–Trinajstić information content (AvgIpc) is 3.10. The van der Waals surface area contributed by atoms with E-state index in [1.54, 1.807) is 16.8 Å². The van der Waals surface area contributed by atoms with Crippen LogP contribution in [0.5, 0.6) is 0 Å². The molecule has 26 heavy (non-hydrogen) atoms. The van der Waals surface area contributed by atoms with Crippen LogP contribution in [0, 0.1) is 13.8 Å². The summed E-state index contributed by atoms with van der Waals surface area (Å²) in [7, 11) is 0. The van der Waals surface area contributed by atoms with E-state index in [0.29, 0.717) is 16.7 Å². The Morgan fingerprint density at radius 1 is 1.19 bits per heavy atom. The van der Waals surface area contributed by atoms with Crippen LogP contribution in [-0.2, 0) is 11.3 Å². The van der Waals surface area contributed by atoms with E-state index in [2.05, 4.69) is 20.8 Å². The van der Waals surface area contributed by atoms with Crippen molar-refractivity contribution in [3.8, 4) is 5.69 Å². The molecule has 1 amide bonds. The van der Waals surface area contributed by atoms with Gasteiger partial charge >= 0.3 is 0 Å². The summed E-state index contributed by atoms with van der Waals surface area (Å²) in [4.78, 5) is 12.1.